The van der Waals surface area contributed by atoms with E-state index in [4.69, 9.17) is 0 Å². The molecule has 90 valence electrons. The predicted octanol–water partition coefficient (Wildman–Crippen LogP) is 4.08. The molecule has 0 bridgehead atoms. The molecule has 2 nitrogen and oxygen atoms in total. The fourth-order valence-electron chi connectivity index (χ4n) is 2.99. The average molecular weight is 228 g/mol. The van der Waals surface area contributed by atoms with Crippen molar-refractivity contribution < 1.29 is 0 Å². The first-order valence-electron chi connectivity index (χ1n) is 6.84. The highest BCUT2D eigenvalue weighted by Gasteiger charge is 2.13. The molecular formula is C15H20N2. The number of fused-ring (bicyclic) bond motifs is 1. The summed E-state index contributed by atoms with van der Waals surface area (Å²) in [6.45, 7) is 0. The zero-order valence-electron chi connectivity index (χ0n) is 10.3. The van der Waals surface area contributed by atoms with E-state index in [-0.39, 0.29) is 0 Å². The van der Waals surface area contributed by atoms with E-state index in [9.17, 15) is 0 Å². The largest absolute Gasteiger partial charge is 0.278 e. The molecule has 0 aliphatic heterocycles. The fourth-order valence-corrected chi connectivity index (χ4v) is 2.99. The van der Waals surface area contributed by atoms with Crippen molar-refractivity contribution in [2.24, 2.45) is 5.92 Å². The average Bonchev–Trinajstić information content (AvgIpc) is 2.85. The van der Waals surface area contributed by atoms with Crippen molar-refractivity contribution in [1.29, 1.82) is 0 Å². The van der Waals surface area contributed by atoms with Crippen molar-refractivity contribution in [1.82, 2.24) is 10.2 Å². The number of benzene rings is 1. The third kappa shape index (κ3) is 2.51. The minimum absolute atomic E-state index is 0.976. The van der Waals surface area contributed by atoms with Gasteiger partial charge in [0.15, 0.2) is 0 Å². The van der Waals surface area contributed by atoms with Gasteiger partial charge in [-0.1, -0.05) is 38.2 Å². The van der Waals surface area contributed by atoms with Crippen LogP contribution in [0.25, 0.3) is 10.9 Å². The van der Waals surface area contributed by atoms with E-state index < -0.39 is 0 Å². The lowest BCUT2D eigenvalue weighted by Gasteiger charge is -2.21. The molecular weight excluding hydrogens is 208 g/mol. The molecule has 1 aromatic heterocycles. The van der Waals surface area contributed by atoms with Crippen molar-refractivity contribution in [3.05, 3.63) is 30.0 Å². The van der Waals surface area contributed by atoms with E-state index in [2.05, 4.69) is 28.4 Å². The lowest BCUT2D eigenvalue weighted by Crippen LogP contribution is -2.07. The summed E-state index contributed by atoms with van der Waals surface area (Å²) in [5.74, 6) is 0.976. The van der Waals surface area contributed by atoms with E-state index in [1.54, 1.807) is 0 Å². The Morgan fingerprint density at radius 3 is 2.94 bits per heavy atom. The topological polar surface area (TPSA) is 28.7 Å². The molecule has 1 aliphatic carbocycles. The Morgan fingerprint density at radius 1 is 1.18 bits per heavy atom. The summed E-state index contributed by atoms with van der Waals surface area (Å²) < 4.78 is 0. The fraction of sp³-hybridized carbons (Fsp3) is 0.533. The van der Waals surface area contributed by atoms with Crippen LogP contribution in [0.4, 0.5) is 0 Å². The summed E-state index contributed by atoms with van der Waals surface area (Å²) in [5, 5.41) is 8.31. The molecule has 0 unspecified atom stereocenters. The normalized spacial score (nSPS) is 17.6. The van der Waals surface area contributed by atoms with Crippen LogP contribution in [0.3, 0.4) is 0 Å². The van der Waals surface area contributed by atoms with Crippen LogP contribution in [0.2, 0.25) is 0 Å². The minimum atomic E-state index is 0.976. The Morgan fingerprint density at radius 2 is 2.06 bits per heavy atom. The Balaban J connectivity index is 1.63. The Bertz CT molecular complexity index is 480. The monoisotopic (exact) mass is 228 g/mol. The van der Waals surface area contributed by atoms with E-state index >= 15 is 0 Å². The van der Waals surface area contributed by atoms with Gasteiger partial charge >= 0.3 is 0 Å². The van der Waals surface area contributed by atoms with Crippen LogP contribution in [-0.2, 0) is 6.42 Å². The number of hydrogen-bond donors (Lipinski definition) is 1. The lowest BCUT2D eigenvalue weighted by atomic mass is 9.85. The number of aromatic nitrogens is 2. The molecule has 2 heteroatoms. The van der Waals surface area contributed by atoms with Crippen LogP contribution in [0.1, 0.15) is 44.1 Å². The van der Waals surface area contributed by atoms with Crippen molar-refractivity contribution in [3.8, 4) is 0 Å². The number of hydrogen-bond acceptors (Lipinski definition) is 1. The number of nitrogens with one attached hydrogen (secondary N) is 1. The first-order valence-corrected chi connectivity index (χ1v) is 6.84. The summed E-state index contributed by atoms with van der Waals surface area (Å²) in [7, 11) is 0. The Hall–Kier alpha value is -1.31. The highest BCUT2D eigenvalue weighted by atomic mass is 15.1. The van der Waals surface area contributed by atoms with Crippen LogP contribution >= 0.6 is 0 Å². The SMILES string of the molecule is c1cc2[nH]ncc2cc1CCC1CCCCC1. The zero-order chi connectivity index (χ0) is 11.5. The predicted molar refractivity (Wildman–Crippen MR) is 71.0 cm³/mol. The van der Waals surface area contributed by atoms with Crippen molar-refractivity contribution in [2.75, 3.05) is 0 Å². The maximum atomic E-state index is 4.07. The molecule has 1 N–H and O–H groups in total. The molecule has 1 saturated carbocycles. The quantitative estimate of drug-likeness (QED) is 0.842. The molecule has 1 heterocycles. The van der Waals surface area contributed by atoms with Crippen molar-refractivity contribution in [2.45, 2.75) is 44.9 Å². The van der Waals surface area contributed by atoms with E-state index in [0.29, 0.717) is 0 Å². The number of aromatic amines is 1. The first-order chi connectivity index (χ1) is 8.42. The number of H-pyrrole nitrogens is 1. The molecule has 1 aromatic carbocycles. The summed E-state index contributed by atoms with van der Waals surface area (Å²) in [4.78, 5) is 0. The number of aryl methyl sites for hydroxylation is 1. The third-order valence-corrected chi connectivity index (χ3v) is 4.07. The van der Waals surface area contributed by atoms with E-state index in [1.807, 2.05) is 6.20 Å². The highest BCUT2D eigenvalue weighted by Crippen LogP contribution is 2.27. The second-order valence-corrected chi connectivity index (χ2v) is 5.33. The second-order valence-electron chi connectivity index (χ2n) is 5.33. The van der Waals surface area contributed by atoms with E-state index in [1.165, 1.54) is 55.9 Å². The molecule has 0 spiro atoms. The van der Waals surface area contributed by atoms with Crippen LogP contribution in [0, 0.1) is 5.92 Å². The van der Waals surface area contributed by atoms with Gasteiger partial charge in [-0.05, 0) is 36.5 Å². The van der Waals surface area contributed by atoms with Crippen LogP contribution in [-0.4, -0.2) is 10.2 Å². The first kappa shape index (κ1) is 10.8. The van der Waals surface area contributed by atoms with Gasteiger partial charge in [0.1, 0.15) is 0 Å². The van der Waals surface area contributed by atoms with Gasteiger partial charge in [-0.3, -0.25) is 5.10 Å². The highest BCUT2D eigenvalue weighted by molar-refractivity contribution is 5.78. The van der Waals surface area contributed by atoms with Crippen LogP contribution in [0.15, 0.2) is 24.4 Å². The Kier molecular flexibility index (Phi) is 3.12. The van der Waals surface area contributed by atoms with Gasteiger partial charge < -0.3 is 0 Å². The van der Waals surface area contributed by atoms with E-state index in [0.717, 1.165) is 11.4 Å². The van der Waals surface area contributed by atoms with Crippen molar-refractivity contribution in [3.63, 3.8) is 0 Å². The van der Waals surface area contributed by atoms with Gasteiger partial charge in [0, 0.05) is 5.39 Å². The van der Waals surface area contributed by atoms with Crippen LogP contribution < -0.4 is 0 Å². The minimum Gasteiger partial charge on any atom is -0.278 e. The number of rotatable bonds is 3. The smallest absolute Gasteiger partial charge is 0.0650 e. The standard InChI is InChI=1S/C15H20N2/c1-2-4-12(5-3-1)6-7-13-8-9-15-14(10-13)11-16-17-15/h8-12H,1-7H2,(H,16,17). The molecule has 2 aromatic rings. The molecule has 17 heavy (non-hydrogen) atoms. The maximum Gasteiger partial charge on any atom is 0.0650 e. The summed E-state index contributed by atoms with van der Waals surface area (Å²) in [6, 6.07) is 6.67. The van der Waals surface area contributed by atoms with Gasteiger partial charge in [0.2, 0.25) is 0 Å². The third-order valence-electron chi connectivity index (χ3n) is 4.07. The Labute approximate surface area is 102 Å². The van der Waals surface area contributed by atoms with Crippen LogP contribution in [0.5, 0.6) is 0 Å². The van der Waals surface area contributed by atoms with Gasteiger partial charge in [-0.25, -0.2) is 0 Å². The second kappa shape index (κ2) is 4.91. The van der Waals surface area contributed by atoms with Crippen molar-refractivity contribution >= 4 is 10.9 Å². The summed E-state index contributed by atoms with van der Waals surface area (Å²) in [5.41, 5.74) is 2.61. The zero-order valence-corrected chi connectivity index (χ0v) is 10.3. The van der Waals surface area contributed by atoms with Gasteiger partial charge in [-0.2, -0.15) is 5.10 Å². The molecule has 0 saturated heterocycles. The molecule has 1 fully saturated rings. The number of nitrogens with zero attached hydrogens (tertiary/aromatic N) is 1. The molecule has 3 rings (SSSR count). The summed E-state index contributed by atoms with van der Waals surface area (Å²) >= 11 is 0. The lowest BCUT2D eigenvalue weighted by molar-refractivity contribution is 0.339. The maximum absolute atomic E-state index is 4.07. The molecule has 1 aliphatic rings. The van der Waals surface area contributed by atoms with Gasteiger partial charge in [0.05, 0.1) is 11.7 Å². The molecule has 0 radical (unpaired) electrons. The summed E-state index contributed by atoms with van der Waals surface area (Å²) in [6.07, 6.45) is 11.8. The van der Waals surface area contributed by atoms with Gasteiger partial charge in [0.25, 0.3) is 0 Å². The molecule has 0 amide bonds. The molecule has 0 atom stereocenters. The van der Waals surface area contributed by atoms with Gasteiger partial charge in [-0.15, -0.1) is 0 Å².